The molecule has 4 nitrogen and oxygen atoms in total. The van der Waals surface area contributed by atoms with Crippen LogP contribution in [0.4, 0.5) is 0 Å². The fourth-order valence-corrected chi connectivity index (χ4v) is 2.35. The van der Waals surface area contributed by atoms with Crippen LogP contribution in [0.5, 0.6) is 0 Å². The Morgan fingerprint density at radius 1 is 1.56 bits per heavy atom. The zero-order valence-corrected chi connectivity index (χ0v) is 10.6. The molecule has 0 saturated carbocycles. The van der Waals surface area contributed by atoms with E-state index in [0.717, 1.165) is 45.5 Å². The zero-order chi connectivity index (χ0) is 12.0. The first kappa shape index (κ1) is 13.9. The maximum atomic E-state index is 9.97. The van der Waals surface area contributed by atoms with Gasteiger partial charge in [0.05, 0.1) is 11.7 Å². The number of likely N-dealkylation sites (tertiary alicyclic amines) is 1. The van der Waals surface area contributed by atoms with E-state index in [9.17, 15) is 5.11 Å². The van der Waals surface area contributed by atoms with Gasteiger partial charge in [0.15, 0.2) is 0 Å². The molecule has 1 heterocycles. The van der Waals surface area contributed by atoms with Crippen LogP contribution in [-0.2, 0) is 4.74 Å². The van der Waals surface area contributed by atoms with E-state index < -0.39 is 5.60 Å². The lowest BCUT2D eigenvalue weighted by atomic mass is 9.95. The first-order chi connectivity index (χ1) is 7.57. The summed E-state index contributed by atoms with van der Waals surface area (Å²) in [7, 11) is 0. The van der Waals surface area contributed by atoms with Crippen molar-refractivity contribution in [2.45, 2.75) is 44.8 Å². The minimum Gasteiger partial charge on any atom is -0.389 e. The van der Waals surface area contributed by atoms with Crippen LogP contribution in [-0.4, -0.2) is 54.5 Å². The molecule has 0 bridgehead atoms. The molecule has 2 atom stereocenters. The van der Waals surface area contributed by atoms with Gasteiger partial charge in [-0.05, 0) is 39.7 Å². The first-order valence-electron chi connectivity index (χ1n) is 6.34. The summed E-state index contributed by atoms with van der Waals surface area (Å²) >= 11 is 0. The average Bonchev–Trinajstić information content (AvgIpc) is 2.23. The van der Waals surface area contributed by atoms with Gasteiger partial charge in [-0.1, -0.05) is 0 Å². The minimum atomic E-state index is -0.512. The van der Waals surface area contributed by atoms with Crippen LogP contribution in [0.15, 0.2) is 0 Å². The van der Waals surface area contributed by atoms with Gasteiger partial charge in [0.2, 0.25) is 0 Å². The molecule has 1 aliphatic rings. The zero-order valence-electron chi connectivity index (χ0n) is 10.6. The van der Waals surface area contributed by atoms with Crippen molar-refractivity contribution >= 4 is 0 Å². The standard InChI is InChI=1S/C12H26N2O2/c1-3-16-11(9-13)5-8-14-7-4-6-12(2,15)10-14/h11,15H,3-10,13H2,1-2H3. The van der Waals surface area contributed by atoms with Gasteiger partial charge < -0.3 is 20.5 Å². The maximum Gasteiger partial charge on any atom is 0.0746 e. The van der Waals surface area contributed by atoms with Gasteiger partial charge in [-0.15, -0.1) is 0 Å². The highest BCUT2D eigenvalue weighted by Crippen LogP contribution is 2.20. The van der Waals surface area contributed by atoms with Gasteiger partial charge in [-0.25, -0.2) is 0 Å². The van der Waals surface area contributed by atoms with E-state index in [2.05, 4.69) is 4.90 Å². The van der Waals surface area contributed by atoms with Crippen molar-refractivity contribution in [3.05, 3.63) is 0 Å². The lowest BCUT2D eigenvalue weighted by molar-refractivity contribution is -0.0222. The van der Waals surface area contributed by atoms with Crippen LogP contribution in [0, 0.1) is 0 Å². The SMILES string of the molecule is CCOC(CN)CCN1CCCC(C)(O)C1. The largest absolute Gasteiger partial charge is 0.389 e. The Bertz CT molecular complexity index is 197. The Morgan fingerprint density at radius 3 is 2.88 bits per heavy atom. The molecule has 1 rings (SSSR count). The van der Waals surface area contributed by atoms with Crippen LogP contribution in [0.2, 0.25) is 0 Å². The lowest BCUT2D eigenvalue weighted by Crippen LogP contribution is -2.47. The first-order valence-corrected chi connectivity index (χ1v) is 6.34. The molecule has 0 spiro atoms. The molecule has 16 heavy (non-hydrogen) atoms. The van der Waals surface area contributed by atoms with Gasteiger partial charge in [-0.2, -0.15) is 0 Å². The molecule has 0 radical (unpaired) electrons. The van der Waals surface area contributed by atoms with Crippen molar-refractivity contribution in [2.24, 2.45) is 5.73 Å². The number of hydrogen-bond donors (Lipinski definition) is 2. The molecule has 1 saturated heterocycles. The molecule has 3 N–H and O–H groups in total. The van der Waals surface area contributed by atoms with Crippen LogP contribution in [0.3, 0.4) is 0 Å². The van der Waals surface area contributed by atoms with E-state index in [-0.39, 0.29) is 6.10 Å². The Morgan fingerprint density at radius 2 is 2.31 bits per heavy atom. The monoisotopic (exact) mass is 230 g/mol. The highest BCUT2D eigenvalue weighted by atomic mass is 16.5. The number of β-amino-alcohol motifs (C(OH)–C–C–N with tert-alkyl or cyclic N) is 1. The Balaban J connectivity index is 2.26. The number of aliphatic hydroxyl groups is 1. The Kier molecular flexibility index (Phi) is 5.69. The van der Waals surface area contributed by atoms with Crippen molar-refractivity contribution in [1.82, 2.24) is 4.90 Å². The molecular weight excluding hydrogens is 204 g/mol. The quantitative estimate of drug-likeness (QED) is 0.701. The maximum absolute atomic E-state index is 9.97. The second kappa shape index (κ2) is 6.55. The molecule has 0 amide bonds. The fraction of sp³-hybridized carbons (Fsp3) is 1.00. The number of hydrogen-bond acceptors (Lipinski definition) is 4. The van der Waals surface area contributed by atoms with Crippen LogP contribution in [0.25, 0.3) is 0 Å². The number of nitrogens with zero attached hydrogens (tertiary/aromatic N) is 1. The number of nitrogens with two attached hydrogens (primary N) is 1. The predicted molar refractivity (Wildman–Crippen MR) is 65.4 cm³/mol. The number of rotatable bonds is 6. The molecule has 0 aromatic carbocycles. The van der Waals surface area contributed by atoms with E-state index in [1.807, 2.05) is 13.8 Å². The summed E-state index contributed by atoms with van der Waals surface area (Å²) in [6.07, 6.45) is 3.11. The minimum absolute atomic E-state index is 0.164. The number of piperidine rings is 1. The van der Waals surface area contributed by atoms with Gasteiger partial charge >= 0.3 is 0 Å². The molecule has 0 aromatic heterocycles. The lowest BCUT2D eigenvalue weighted by Gasteiger charge is -2.37. The van der Waals surface area contributed by atoms with E-state index in [4.69, 9.17) is 10.5 Å². The van der Waals surface area contributed by atoms with Crippen LogP contribution in [0.1, 0.15) is 33.1 Å². The molecule has 4 heteroatoms. The van der Waals surface area contributed by atoms with E-state index >= 15 is 0 Å². The molecular formula is C12H26N2O2. The Hall–Kier alpha value is -0.160. The average molecular weight is 230 g/mol. The number of ether oxygens (including phenoxy) is 1. The molecule has 0 aliphatic carbocycles. The molecule has 2 unspecified atom stereocenters. The summed E-state index contributed by atoms with van der Waals surface area (Å²) in [6, 6.07) is 0. The van der Waals surface area contributed by atoms with Crippen molar-refractivity contribution in [1.29, 1.82) is 0 Å². The third-order valence-corrected chi connectivity index (χ3v) is 3.19. The van der Waals surface area contributed by atoms with Gasteiger partial charge in [-0.3, -0.25) is 0 Å². The van der Waals surface area contributed by atoms with Crippen molar-refractivity contribution in [3.63, 3.8) is 0 Å². The third-order valence-electron chi connectivity index (χ3n) is 3.19. The summed E-state index contributed by atoms with van der Waals surface area (Å²) in [5.41, 5.74) is 5.12. The summed E-state index contributed by atoms with van der Waals surface area (Å²) in [6.45, 7) is 8.04. The van der Waals surface area contributed by atoms with Crippen molar-refractivity contribution < 1.29 is 9.84 Å². The van der Waals surface area contributed by atoms with E-state index in [1.54, 1.807) is 0 Å². The summed E-state index contributed by atoms with van der Waals surface area (Å²) < 4.78 is 5.52. The van der Waals surface area contributed by atoms with Gasteiger partial charge in [0.25, 0.3) is 0 Å². The molecule has 96 valence electrons. The van der Waals surface area contributed by atoms with Gasteiger partial charge in [0, 0.05) is 26.2 Å². The fourth-order valence-electron chi connectivity index (χ4n) is 2.35. The second-order valence-corrected chi connectivity index (χ2v) is 4.98. The predicted octanol–water partition coefficient (Wildman–Crippen LogP) is 0.587. The third kappa shape index (κ3) is 4.78. The van der Waals surface area contributed by atoms with Crippen molar-refractivity contribution in [3.8, 4) is 0 Å². The van der Waals surface area contributed by atoms with Crippen molar-refractivity contribution in [2.75, 3.05) is 32.8 Å². The highest BCUT2D eigenvalue weighted by molar-refractivity contribution is 4.83. The molecule has 1 fully saturated rings. The summed E-state index contributed by atoms with van der Waals surface area (Å²) in [4.78, 5) is 2.31. The van der Waals surface area contributed by atoms with Crippen LogP contribution < -0.4 is 5.73 Å². The Labute approximate surface area is 98.8 Å². The van der Waals surface area contributed by atoms with E-state index in [0.29, 0.717) is 6.54 Å². The highest BCUT2D eigenvalue weighted by Gasteiger charge is 2.28. The van der Waals surface area contributed by atoms with Gasteiger partial charge in [0.1, 0.15) is 0 Å². The summed E-state index contributed by atoms with van der Waals surface area (Å²) in [5.74, 6) is 0. The van der Waals surface area contributed by atoms with E-state index in [1.165, 1.54) is 0 Å². The topological polar surface area (TPSA) is 58.7 Å². The molecule has 0 aromatic rings. The summed E-state index contributed by atoms with van der Waals surface area (Å²) in [5, 5.41) is 9.97. The smallest absolute Gasteiger partial charge is 0.0746 e. The normalized spacial score (nSPS) is 29.2. The van der Waals surface area contributed by atoms with Crippen LogP contribution >= 0.6 is 0 Å². The second-order valence-electron chi connectivity index (χ2n) is 4.98. The molecule has 1 aliphatic heterocycles.